The van der Waals surface area contributed by atoms with Crippen molar-refractivity contribution < 1.29 is 13.9 Å². The topological polar surface area (TPSA) is 47.4 Å². The van der Waals surface area contributed by atoms with E-state index in [-0.39, 0.29) is 23.9 Å². The number of benzene rings is 1. The molecule has 1 aromatic carbocycles. The first-order valence-electron chi connectivity index (χ1n) is 9.34. The lowest BCUT2D eigenvalue weighted by Gasteiger charge is -2.35. The van der Waals surface area contributed by atoms with Crippen LogP contribution in [-0.2, 0) is 17.6 Å². The Hall–Kier alpha value is -2.21. The smallest absolute Gasteiger partial charge is 0.274 e. The maximum absolute atomic E-state index is 13.3. The number of aromatic nitrogens is 2. The van der Waals surface area contributed by atoms with Gasteiger partial charge in [0.25, 0.3) is 5.91 Å². The lowest BCUT2D eigenvalue weighted by Crippen LogP contribution is -2.48. The Bertz CT molecular complexity index is 805. The SMILES string of the molecule is C[C@@H]1CN(C(=O)c2nn(-c3ccc(F)cc3)c3c2CCCC3)C[C@H](C)O1. The first kappa shape index (κ1) is 17.2. The van der Waals surface area contributed by atoms with Gasteiger partial charge in [-0.25, -0.2) is 9.07 Å². The van der Waals surface area contributed by atoms with E-state index < -0.39 is 0 Å². The van der Waals surface area contributed by atoms with Gasteiger partial charge >= 0.3 is 0 Å². The molecule has 2 aromatic rings. The number of amides is 1. The van der Waals surface area contributed by atoms with Crippen LogP contribution in [0.5, 0.6) is 0 Å². The summed E-state index contributed by atoms with van der Waals surface area (Å²) in [5.74, 6) is -0.298. The van der Waals surface area contributed by atoms with Crippen LogP contribution in [0.2, 0.25) is 0 Å². The molecule has 6 heteroatoms. The molecule has 2 heterocycles. The Labute approximate surface area is 152 Å². The second-order valence-corrected chi connectivity index (χ2v) is 7.34. The number of fused-ring (bicyclic) bond motifs is 1. The highest BCUT2D eigenvalue weighted by Gasteiger charge is 2.32. The molecule has 0 unspecified atom stereocenters. The molecule has 0 N–H and O–H groups in total. The molecule has 0 radical (unpaired) electrons. The van der Waals surface area contributed by atoms with Crippen molar-refractivity contribution in [2.75, 3.05) is 13.1 Å². The van der Waals surface area contributed by atoms with Crippen LogP contribution in [0.25, 0.3) is 5.69 Å². The maximum atomic E-state index is 13.3. The zero-order valence-corrected chi connectivity index (χ0v) is 15.2. The molecule has 1 fully saturated rings. The van der Waals surface area contributed by atoms with Crippen molar-refractivity contribution in [3.05, 3.63) is 47.0 Å². The molecule has 2 aliphatic rings. The Balaban J connectivity index is 1.72. The van der Waals surface area contributed by atoms with Crippen LogP contribution in [0.3, 0.4) is 0 Å². The van der Waals surface area contributed by atoms with E-state index in [2.05, 4.69) is 5.10 Å². The van der Waals surface area contributed by atoms with Crippen LogP contribution >= 0.6 is 0 Å². The van der Waals surface area contributed by atoms with Crippen LogP contribution in [0.4, 0.5) is 4.39 Å². The second-order valence-electron chi connectivity index (χ2n) is 7.34. The van der Waals surface area contributed by atoms with Crippen LogP contribution in [0.1, 0.15) is 48.4 Å². The summed E-state index contributed by atoms with van der Waals surface area (Å²) in [6.07, 6.45) is 3.96. The number of hydrogen-bond acceptors (Lipinski definition) is 3. The number of carbonyl (C=O) groups excluding carboxylic acids is 1. The summed E-state index contributed by atoms with van der Waals surface area (Å²) < 4.78 is 20.9. The highest BCUT2D eigenvalue weighted by molar-refractivity contribution is 5.94. The number of rotatable bonds is 2. The van der Waals surface area contributed by atoms with Gasteiger partial charge in [-0.05, 0) is 63.8 Å². The van der Waals surface area contributed by atoms with Crippen LogP contribution < -0.4 is 0 Å². The third-order valence-electron chi connectivity index (χ3n) is 5.16. The summed E-state index contributed by atoms with van der Waals surface area (Å²) in [5, 5.41) is 4.68. The molecule has 1 amide bonds. The highest BCUT2D eigenvalue weighted by atomic mass is 19.1. The first-order valence-corrected chi connectivity index (χ1v) is 9.34. The van der Waals surface area contributed by atoms with E-state index in [9.17, 15) is 9.18 Å². The number of hydrogen-bond donors (Lipinski definition) is 0. The van der Waals surface area contributed by atoms with Gasteiger partial charge in [-0.3, -0.25) is 4.79 Å². The number of carbonyl (C=O) groups is 1. The summed E-state index contributed by atoms with van der Waals surface area (Å²) in [4.78, 5) is 15.0. The fourth-order valence-electron chi connectivity index (χ4n) is 4.06. The van der Waals surface area contributed by atoms with Crippen LogP contribution in [-0.4, -0.2) is 45.9 Å². The Morgan fingerprint density at radius 1 is 1.12 bits per heavy atom. The molecule has 0 saturated carbocycles. The highest BCUT2D eigenvalue weighted by Crippen LogP contribution is 2.28. The van der Waals surface area contributed by atoms with E-state index in [0.29, 0.717) is 18.8 Å². The summed E-state index contributed by atoms with van der Waals surface area (Å²) in [7, 11) is 0. The van der Waals surface area contributed by atoms with Crippen LogP contribution in [0, 0.1) is 5.82 Å². The molecule has 0 bridgehead atoms. The van der Waals surface area contributed by atoms with E-state index in [0.717, 1.165) is 42.6 Å². The van der Waals surface area contributed by atoms with Crippen molar-refractivity contribution in [2.45, 2.75) is 51.7 Å². The largest absolute Gasteiger partial charge is 0.372 e. The lowest BCUT2D eigenvalue weighted by molar-refractivity contribution is -0.0587. The van der Waals surface area contributed by atoms with E-state index in [1.54, 1.807) is 12.1 Å². The van der Waals surface area contributed by atoms with Crippen molar-refractivity contribution in [1.82, 2.24) is 14.7 Å². The molecular formula is C20H24FN3O2. The second kappa shape index (κ2) is 6.83. The quantitative estimate of drug-likeness (QED) is 0.830. The van der Waals surface area contributed by atoms with E-state index in [1.165, 1.54) is 12.1 Å². The van der Waals surface area contributed by atoms with E-state index in [4.69, 9.17) is 4.74 Å². The summed E-state index contributed by atoms with van der Waals surface area (Å²) >= 11 is 0. The third-order valence-corrected chi connectivity index (χ3v) is 5.16. The molecule has 4 rings (SSSR count). The van der Waals surface area contributed by atoms with Gasteiger partial charge in [0.05, 0.1) is 17.9 Å². The van der Waals surface area contributed by atoms with Gasteiger partial charge in [-0.1, -0.05) is 0 Å². The molecule has 26 heavy (non-hydrogen) atoms. The van der Waals surface area contributed by atoms with Crippen molar-refractivity contribution in [3.63, 3.8) is 0 Å². The van der Waals surface area contributed by atoms with Gasteiger partial charge < -0.3 is 9.64 Å². The van der Waals surface area contributed by atoms with Gasteiger partial charge in [0, 0.05) is 24.3 Å². The molecule has 2 atom stereocenters. The minimum Gasteiger partial charge on any atom is -0.372 e. The average Bonchev–Trinajstić information content (AvgIpc) is 3.01. The normalized spacial score (nSPS) is 23.0. The molecule has 1 aliphatic carbocycles. The molecule has 5 nitrogen and oxygen atoms in total. The molecular weight excluding hydrogens is 333 g/mol. The van der Waals surface area contributed by atoms with Gasteiger partial charge in [0.1, 0.15) is 5.82 Å². The average molecular weight is 357 g/mol. The monoisotopic (exact) mass is 357 g/mol. The van der Waals surface area contributed by atoms with Crippen molar-refractivity contribution in [1.29, 1.82) is 0 Å². The van der Waals surface area contributed by atoms with Crippen molar-refractivity contribution in [3.8, 4) is 5.69 Å². The van der Waals surface area contributed by atoms with Gasteiger partial charge in [0.2, 0.25) is 0 Å². The third kappa shape index (κ3) is 3.14. The van der Waals surface area contributed by atoms with E-state index >= 15 is 0 Å². The molecule has 138 valence electrons. The zero-order valence-electron chi connectivity index (χ0n) is 15.2. The van der Waals surface area contributed by atoms with Gasteiger partial charge in [-0.15, -0.1) is 0 Å². The number of nitrogens with zero attached hydrogens (tertiary/aromatic N) is 3. The minimum atomic E-state index is -0.276. The summed E-state index contributed by atoms with van der Waals surface area (Å²) in [6.45, 7) is 5.15. The fraction of sp³-hybridized carbons (Fsp3) is 0.500. The molecule has 1 saturated heterocycles. The molecule has 0 spiro atoms. The van der Waals surface area contributed by atoms with E-state index in [1.807, 2.05) is 23.4 Å². The summed E-state index contributed by atoms with van der Waals surface area (Å²) in [6, 6.07) is 6.28. The Morgan fingerprint density at radius 3 is 2.46 bits per heavy atom. The standard InChI is InChI=1S/C20H24FN3O2/c1-13-11-23(12-14(2)26-13)20(25)19-17-5-3-4-6-18(17)24(22-19)16-9-7-15(21)8-10-16/h7-10,13-14H,3-6,11-12H2,1-2H3/t13-,14+. The maximum Gasteiger partial charge on any atom is 0.274 e. The molecule has 1 aromatic heterocycles. The zero-order chi connectivity index (χ0) is 18.3. The van der Waals surface area contributed by atoms with Gasteiger partial charge in [0.15, 0.2) is 5.69 Å². The fourth-order valence-corrected chi connectivity index (χ4v) is 4.06. The predicted octanol–water partition coefficient (Wildman–Crippen LogP) is 3.14. The Kier molecular flexibility index (Phi) is 4.53. The van der Waals surface area contributed by atoms with Crippen molar-refractivity contribution in [2.24, 2.45) is 0 Å². The van der Waals surface area contributed by atoms with Gasteiger partial charge in [-0.2, -0.15) is 5.10 Å². The minimum absolute atomic E-state index is 0.0222. The van der Waals surface area contributed by atoms with Crippen LogP contribution in [0.15, 0.2) is 24.3 Å². The lowest BCUT2D eigenvalue weighted by atomic mass is 9.95. The summed E-state index contributed by atoms with van der Waals surface area (Å²) in [5.41, 5.74) is 3.48. The Morgan fingerprint density at radius 2 is 1.77 bits per heavy atom. The number of ether oxygens (including phenoxy) is 1. The first-order chi connectivity index (χ1) is 12.5. The predicted molar refractivity (Wildman–Crippen MR) is 96.1 cm³/mol. The molecule has 1 aliphatic heterocycles. The van der Waals surface area contributed by atoms with Crippen molar-refractivity contribution >= 4 is 5.91 Å². The number of morpholine rings is 1. The number of halogens is 1.